The summed E-state index contributed by atoms with van der Waals surface area (Å²) in [5.74, 6) is 2.17. The van der Waals surface area contributed by atoms with Gasteiger partial charge in [0.05, 0.1) is 26.9 Å². The van der Waals surface area contributed by atoms with Crippen molar-refractivity contribution in [2.75, 3.05) is 34.4 Å². The first-order chi connectivity index (χ1) is 14.5. The molecule has 0 radical (unpaired) electrons. The van der Waals surface area contributed by atoms with Gasteiger partial charge in [0.15, 0.2) is 5.76 Å². The molecule has 0 atom stereocenters. The second-order valence-electron chi connectivity index (χ2n) is 6.93. The molecule has 2 heterocycles. The monoisotopic (exact) mass is 427 g/mol. The topological polar surface area (TPSA) is 61.1 Å². The molecule has 3 aromatic rings. The predicted molar refractivity (Wildman–Crippen MR) is 116 cm³/mol. The van der Waals surface area contributed by atoms with E-state index >= 15 is 0 Å². The lowest BCUT2D eigenvalue weighted by atomic mass is 9.97. The Hall–Kier alpha value is -3.12. The van der Waals surface area contributed by atoms with Crippen LogP contribution in [0.1, 0.15) is 22.5 Å². The third-order valence-electron chi connectivity index (χ3n) is 5.22. The molecule has 4 rings (SSSR count). The number of ether oxygens (including phenoxy) is 3. The molecule has 0 N–H and O–H groups in total. The third kappa shape index (κ3) is 3.71. The minimum atomic E-state index is -0.147. The van der Waals surface area contributed by atoms with Crippen molar-refractivity contribution in [3.05, 3.63) is 58.8 Å². The van der Waals surface area contributed by atoms with Crippen LogP contribution in [-0.2, 0) is 0 Å². The van der Waals surface area contributed by atoms with Gasteiger partial charge in [0.1, 0.15) is 22.8 Å². The van der Waals surface area contributed by atoms with Gasteiger partial charge in [-0.25, -0.2) is 0 Å². The van der Waals surface area contributed by atoms with Crippen molar-refractivity contribution in [3.63, 3.8) is 0 Å². The zero-order valence-corrected chi connectivity index (χ0v) is 17.8. The molecular formula is C23H22ClNO5. The van der Waals surface area contributed by atoms with Crippen LogP contribution in [0, 0.1) is 0 Å². The smallest absolute Gasteiger partial charge is 0.289 e. The summed E-state index contributed by atoms with van der Waals surface area (Å²) in [7, 11) is 4.83. The Morgan fingerprint density at radius 3 is 2.37 bits per heavy atom. The highest BCUT2D eigenvalue weighted by Crippen LogP contribution is 2.41. The van der Waals surface area contributed by atoms with Crippen molar-refractivity contribution in [2.45, 2.75) is 6.42 Å². The minimum Gasteiger partial charge on any atom is -0.496 e. The largest absolute Gasteiger partial charge is 0.496 e. The molecule has 1 aromatic heterocycles. The molecule has 7 heteroatoms. The number of rotatable bonds is 5. The Labute approximate surface area is 179 Å². The first kappa shape index (κ1) is 20.2. The number of halogens is 1. The van der Waals surface area contributed by atoms with E-state index in [0.29, 0.717) is 53.1 Å². The number of amides is 1. The highest BCUT2D eigenvalue weighted by atomic mass is 35.5. The van der Waals surface area contributed by atoms with Crippen LogP contribution >= 0.6 is 11.6 Å². The molecule has 1 aliphatic heterocycles. The Balaban J connectivity index is 1.59. The first-order valence-corrected chi connectivity index (χ1v) is 9.89. The molecule has 1 aliphatic rings. The highest BCUT2D eigenvalue weighted by molar-refractivity contribution is 6.31. The van der Waals surface area contributed by atoms with Crippen LogP contribution in [0.3, 0.4) is 0 Å². The number of fused-ring (bicyclic) bond motifs is 1. The van der Waals surface area contributed by atoms with Crippen LogP contribution < -0.4 is 14.2 Å². The summed E-state index contributed by atoms with van der Waals surface area (Å²) in [5, 5.41) is 1.42. The van der Waals surface area contributed by atoms with E-state index in [1.807, 2.05) is 18.2 Å². The van der Waals surface area contributed by atoms with Crippen molar-refractivity contribution in [1.29, 1.82) is 0 Å². The van der Waals surface area contributed by atoms with Crippen LogP contribution in [0.25, 0.3) is 16.5 Å². The van der Waals surface area contributed by atoms with Gasteiger partial charge in [-0.15, -0.1) is 0 Å². The summed E-state index contributed by atoms with van der Waals surface area (Å²) in [4.78, 5) is 14.7. The van der Waals surface area contributed by atoms with Crippen LogP contribution in [0.4, 0.5) is 0 Å². The van der Waals surface area contributed by atoms with E-state index in [2.05, 4.69) is 0 Å². The van der Waals surface area contributed by atoms with Gasteiger partial charge in [-0.1, -0.05) is 17.7 Å². The van der Waals surface area contributed by atoms with E-state index in [4.69, 9.17) is 30.2 Å². The van der Waals surface area contributed by atoms with Crippen LogP contribution in [-0.4, -0.2) is 45.2 Å². The third-order valence-corrected chi connectivity index (χ3v) is 5.46. The molecule has 0 fully saturated rings. The number of nitrogens with zero attached hydrogens (tertiary/aromatic N) is 1. The van der Waals surface area contributed by atoms with Crippen molar-refractivity contribution < 1.29 is 23.4 Å². The van der Waals surface area contributed by atoms with Gasteiger partial charge in [0.2, 0.25) is 0 Å². The Morgan fingerprint density at radius 2 is 1.77 bits per heavy atom. The lowest BCUT2D eigenvalue weighted by Crippen LogP contribution is -2.34. The van der Waals surface area contributed by atoms with Crippen molar-refractivity contribution in [2.24, 2.45) is 0 Å². The number of carbonyl (C=O) groups excluding carboxylic acids is 1. The van der Waals surface area contributed by atoms with Gasteiger partial charge in [-0.05, 0) is 36.3 Å². The number of methoxy groups -OCH3 is 3. The zero-order chi connectivity index (χ0) is 21.3. The maximum atomic E-state index is 12.9. The van der Waals surface area contributed by atoms with E-state index in [-0.39, 0.29) is 5.91 Å². The van der Waals surface area contributed by atoms with Gasteiger partial charge in [0, 0.05) is 35.6 Å². The summed E-state index contributed by atoms with van der Waals surface area (Å²) in [6.07, 6.45) is 2.69. The average Bonchev–Trinajstić information content (AvgIpc) is 3.20. The SMILES string of the molecule is COc1cc(OC)c(C2=CCN(C(=O)c3cc4cc(Cl)ccc4o3)CC2)c(OC)c1. The molecule has 0 aliphatic carbocycles. The van der Waals surface area contributed by atoms with Crippen LogP contribution in [0.2, 0.25) is 5.02 Å². The second-order valence-corrected chi connectivity index (χ2v) is 7.37. The Kier molecular flexibility index (Phi) is 5.59. The van der Waals surface area contributed by atoms with Crippen LogP contribution in [0.15, 0.2) is 46.9 Å². The molecule has 0 saturated carbocycles. The van der Waals surface area contributed by atoms with E-state index in [9.17, 15) is 4.79 Å². The van der Waals surface area contributed by atoms with Crippen molar-refractivity contribution in [3.8, 4) is 17.2 Å². The summed E-state index contributed by atoms with van der Waals surface area (Å²) >= 11 is 6.03. The maximum Gasteiger partial charge on any atom is 0.289 e. The molecule has 156 valence electrons. The van der Waals surface area contributed by atoms with Gasteiger partial charge in [-0.3, -0.25) is 4.79 Å². The predicted octanol–water partition coefficient (Wildman–Crippen LogP) is 5.04. The molecule has 6 nitrogen and oxygen atoms in total. The number of hydrogen-bond acceptors (Lipinski definition) is 5. The average molecular weight is 428 g/mol. The molecule has 30 heavy (non-hydrogen) atoms. The van der Waals surface area contributed by atoms with Gasteiger partial charge in [0.25, 0.3) is 5.91 Å². The zero-order valence-electron chi connectivity index (χ0n) is 17.0. The second kappa shape index (κ2) is 8.32. The maximum absolute atomic E-state index is 12.9. The van der Waals surface area contributed by atoms with Gasteiger partial charge in [-0.2, -0.15) is 0 Å². The molecule has 2 aromatic carbocycles. The highest BCUT2D eigenvalue weighted by Gasteiger charge is 2.25. The molecular weight excluding hydrogens is 406 g/mol. The first-order valence-electron chi connectivity index (χ1n) is 9.52. The fraction of sp³-hybridized carbons (Fsp3) is 0.261. The number of furan rings is 1. The van der Waals surface area contributed by atoms with Crippen molar-refractivity contribution >= 4 is 34.1 Å². The summed E-state index contributed by atoms with van der Waals surface area (Å²) < 4.78 is 22.2. The Morgan fingerprint density at radius 1 is 1.03 bits per heavy atom. The number of benzene rings is 2. The summed E-state index contributed by atoms with van der Waals surface area (Å²) in [5.41, 5.74) is 2.58. The molecule has 0 bridgehead atoms. The van der Waals surface area contributed by atoms with Crippen molar-refractivity contribution in [1.82, 2.24) is 4.90 Å². The number of hydrogen-bond donors (Lipinski definition) is 0. The van der Waals surface area contributed by atoms with Gasteiger partial charge >= 0.3 is 0 Å². The van der Waals surface area contributed by atoms with E-state index in [0.717, 1.165) is 16.5 Å². The standard InChI is InChI=1S/C23H22ClNO5/c1-27-17-12-19(28-2)22(20(13-17)29-3)14-6-8-25(9-7-14)23(26)21-11-15-10-16(24)4-5-18(15)30-21/h4-6,10-13H,7-9H2,1-3H3. The van der Waals surface area contributed by atoms with Crippen LogP contribution in [0.5, 0.6) is 17.2 Å². The Bertz CT molecular complexity index is 1110. The molecule has 0 unspecified atom stereocenters. The fourth-order valence-corrected chi connectivity index (χ4v) is 3.86. The van der Waals surface area contributed by atoms with E-state index < -0.39 is 0 Å². The molecule has 0 saturated heterocycles. The fourth-order valence-electron chi connectivity index (χ4n) is 3.68. The van der Waals surface area contributed by atoms with E-state index in [1.165, 1.54) is 0 Å². The quantitative estimate of drug-likeness (QED) is 0.570. The van der Waals surface area contributed by atoms with Gasteiger partial charge < -0.3 is 23.5 Å². The minimum absolute atomic E-state index is 0.147. The normalized spacial score (nSPS) is 13.9. The van der Waals surface area contributed by atoms with E-state index in [1.54, 1.807) is 50.5 Å². The summed E-state index contributed by atoms with van der Waals surface area (Å²) in [6.45, 7) is 1.02. The number of carbonyl (C=O) groups is 1. The molecule has 1 amide bonds. The molecule has 0 spiro atoms. The lowest BCUT2D eigenvalue weighted by molar-refractivity contribution is 0.0743. The summed E-state index contributed by atoms with van der Waals surface area (Å²) in [6, 6.07) is 10.7. The lowest BCUT2D eigenvalue weighted by Gasteiger charge is -2.27.